The minimum absolute atomic E-state index is 0.0284. The number of benzene rings is 2. The van der Waals surface area contributed by atoms with E-state index in [0.717, 1.165) is 17.9 Å². The molecule has 2 aromatic carbocycles. The maximum atomic E-state index is 8.78. The first-order chi connectivity index (χ1) is 11.8. The number of aromatic nitrogens is 1. The summed E-state index contributed by atoms with van der Waals surface area (Å²) in [5, 5.41) is 10.0. The van der Waals surface area contributed by atoms with Crippen LogP contribution >= 0.6 is 0 Å². The molecule has 3 rings (SSSR count). The summed E-state index contributed by atoms with van der Waals surface area (Å²) in [6, 6.07) is 20.6. The van der Waals surface area contributed by atoms with Crippen LogP contribution in [0.4, 0.5) is 0 Å². The molecule has 3 nitrogen and oxygen atoms in total. The van der Waals surface area contributed by atoms with Gasteiger partial charge in [0.1, 0.15) is 18.9 Å². The normalized spacial score (nSPS) is 11.2. The van der Waals surface area contributed by atoms with Gasteiger partial charge in [0.2, 0.25) is 11.2 Å². The van der Waals surface area contributed by atoms with E-state index in [1.54, 1.807) is 0 Å². The molecular formula is C21H22NO2+. The zero-order valence-electron chi connectivity index (χ0n) is 13.9. The van der Waals surface area contributed by atoms with Crippen LogP contribution < -0.4 is 9.30 Å². The van der Waals surface area contributed by atoms with Gasteiger partial charge in [-0.15, -0.1) is 0 Å². The molecule has 0 unspecified atom stereocenters. The largest absolute Gasteiger partial charge is 0.491 e. The Labute approximate surface area is 142 Å². The van der Waals surface area contributed by atoms with Gasteiger partial charge in [0, 0.05) is 23.6 Å². The summed E-state index contributed by atoms with van der Waals surface area (Å²) in [5.74, 6) is 0.774. The molecule has 0 fully saturated rings. The molecule has 122 valence electrons. The van der Waals surface area contributed by atoms with Gasteiger partial charge in [0.25, 0.3) is 0 Å². The Morgan fingerprint density at radius 1 is 0.958 bits per heavy atom. The van der Waals surface area contributed by atoms with Gasteiger partial charge in [-0.05, 0) is 42.8 Å². The van der Waals surface area contributed by atoms with E-state index in [1.807, 2.05) is 24.3 Å². The third kappa shape index (κ3) is 3.63. The van der Waals surface area contributed by atoms with Crippen LogP contribution in [0.3, 0.4) is 0 Å². The fraction of sp³-hybridized carbons (Fsp3) is 0.190. The van der Waals surface area contributed by atoms with Crippen molar-refractivity contribution in [2.45, 2.75) is 13.5 Å². The SMILES string of the molecule is CC[n+]1c(C=Cc2ccc(OCCO)cc2)ccc2ccccc21. The van der Waals surface area contributed by atoms with Crippen LogP contribution in [0.5, 0.6) is 5.75 Å². The number of nitrogens with zero attached hydrogens (tertiary/aromatic N) is 1. The monoisotopic (exact) mass is 320 g/mol. The van der Waals surface area contributed by atoms with Gasteiger partial charge >= 0.3 is 0 Å². The van der Waals surface area contributed by atoms with Gasteiger partial charge < -0.3 is 9.84 Å². The van der Waals surface area contributed by atoms with Crippen molar-refractivity contribution in [3.63, 3.8) is 0 Å². The van der Waals surface area contributed by atoms with E-state index in [2.05, 4.69) is 60.0 Å². The van der Waals surface area contributed by atoms with E-state index < -0.39 is 0 Å². The van der Waals surface area contributed by atoms with Crippen LogP contribution in [0.15, 0.2) is 60.7 Å². The van der Waals surface area contributed by atoms with E-state index in [0.29, 0.717) is 6.61 Å². The zero-order chi connectivity index (χ0) is 16.8. The Morgan fingerprint density at radius 3 is 2.50 bits per heavy atom. The second kappa shape index (κ2) is 7.75. The summed E-state index contributed by atoms with van der Waals surface area (Å²) in [6.07, 6.45) is 4.24. The molecule has 0 spiro atoms. The Balaban J connectivity index is 1.85. The van der Waals surface area contributed by atoms with E-state index in [9.17, 15) is 0 Å². The first-order valence-corrected chi connectivity index (χ1v) is 8.25. The van der Waals surface area contributed by atoms with Crippen molar-refractivity contribution in [3.8, 4) is 5.75 Å². The number of aliphatic hydroxyl groups is 1. The molecule has 0 atom stereocenters. The number of hydrogen-bond acceptors (Lipinski definition) is 2. The number of para-hydroxylation sites is 1. The molecule has 0 aliphatic rings. The van der Waals surface area contributed by atoms with Gasteiger partial charge in [-0.25, -0.2) is 0 Å². The van der Waals surface area contributed by atoms with E-state index in [-0.39, 0.29) is 6.61 Å². The van der Waals surface area contributed by atoms with Crippen LogP contribution in [0.25, 0.3) is 23.1 Å². The molecule has 1 heterocycles. The summed E-state index contributed by atoms with van der Waals surface area (Å²) < 4.78 is 7.69. The molecule has 24 heavy (non-hydrogen) atoms. The topological polar surface area (TPSA) is 33.3 Å². The highest BCUT2D eigenvalue weighted by molar-refractivity contribution is 5.77. The van der Waals surface area contributed by atoms with Crippen molar-refractivity contribution in [2.75, 3.05) is 13.2 Å². The van der Waals surface area contributed by atoms with Crippen molar-refractivity contribution in [3.05, 3.63) is 71.9 Å². The van der Waals surface area contributed by atoms with Crippen LogP contribution in [-0.4, -0.2) is 18.3 Å². The van der Waals surface area contributed by atoms with E-state index in [1.165, 1.54) is 16.6 Å². The lowest BCUT2D eigenvalue weighted by Crippen LogP contribution is -2.36. The highest BCUT2D eigenvalue weighted by atomic mass is 16.5. The summed E-state index contributed by atoms with van der Waals surface area (Å²) in [5.41, 5.74) is 3.54. The number of hydrogen-bond donors (Lipinski definition) is 1. The van der Waals surface area contributed by atoms with Crippen LogP contribution in [0.2, 0.25) is 0 Å². The highest BCUT2D eigenvalue weighted by Gasteiger charge is 2.10. The van der Waals surface area contributed by atoms with Crippen LogP contribution in [0, 0.1) is 0 Å². The second-order valence-corrected chi connectivity index (χ2v) is 5.54. The molecule has 1 aromatic heterocycles. The molecule has 0 amide bonds. The maximum absolute atomic E-state index is 8.78. The molecule has 3 aromatic rings. The fourth-order valence-corrected chi connectivity index (χ4v) is 2.80. The minimum Gasteiger partial charge on any atom is -0.491 e. The smallest absolute Gasteiger partial charge is 0.212 e. The molecular weight excluding hydrogens is 298 g/mol. The van der Waals surface area contributed by atoms with Crippen LogP contribution in [-0.2, 0) is 6.54 Å². The zero-order valence-corrected chi connectivity index (χ0v) is 13.9. The predicted molar refractivity (Wildman–Crippen MR) is 97.8 cm³/mol. The molecule has 0 radical (unpaired) electrons. The quantitative estimate of drug-likeness (QED) is 0.703. The average Bonchev–Trinajstić information content (AvgIpc) is 2.65. The number of fused-ring (bicyclic) bond motifs is 1. The lowest BCUT2D eigenvalue weighted by Gasteiger charge is -2.04. The first-order valence-electron chi connectivity index (χ1n) is 8.25. The molecule has 0 aliphatic carbocycles. The lowest BCUT2D eigenvalue weighted by atomic mass is 10.1. The van der Waals surface area contributed by atoms with Gasteiger partial charge in [0.05, 0.1) is 6.61 Å². The van der Waals surface area contributed by atoms with Gasteiger partial charge in [-0.1, -0.05) is 24.3 Å². The molecule has 0 saturated heterocycles. The lowest BCUT2D eigenvalue weighted by molar-refractivity contribution is -0.669. The van der Waals surface area contributed by atoms with E-state index in [4.69, 9.17) is 9.84 Å². The number of aryl methyl sites for hydroxylation is 1. The van der Waals surface area contributed by atoms with Crippen molar-refractivity contribution in [1.29, 1.82) is 0 Å². The average molecular weight is 320 g/mol. The maximum Gasteiger partial charge on any atom is 0.212 e. The highest BCUT2D eigenvalue weighted by Crippen LogP contribution is 2.15. The van der Waals surface area contributed by atoms with Gasteiger partial charge in [-0.3, -0.25) is 0 Å². The van der Waals surface area contributed by atoms with E-state index >= 15 is 0 Å². The summed E-state index contributed by atoms with van der Waals surface area (Å²) in [7, 11) is 0. The summed E-state index contributed by atoms with van der Waals surface area (Å²) >= 11 is 0. The molecule has 0 saturated carbocycles. The Bertz CT molecular complexity index is 838. The Kier molecular flexibility index (Phi) is 5.24. The number of rotatable bonds is 6. The van der Waals surface area contributed by atoms with Gasteiger partial charge in [-0.2, -0.15) is 4.57 Å². The van der Waals surface area contributed by atoms with Crippen LogP contribution in [0.1, 0.15) is 18.2 Å². The van der Waals surface area contributed by atoms with Crippen molar-refractivity contribution in [2.24, 2.45) is 0 Å². The summed E-state index contributed by atoms with van der Waals surface area (Å²) in [4.78, 5) is 0. The number of pyridine rings is 1. The first kappa shape index (κ1) is 16.2. The van der Waals surface area contributed by atoms with Gasteiger partial charge in [0.15, 0.2) is 0 Å². The predicted octanol–water partition coefficient (Wildman–Crippen LogP) is 3.69. The molecule has 0 aliphatic heterocycles. The second-order valence-electron chi connectivity index (χ2n) is 5.54. The summed E-state index contributed by atoms with van der Waals surface area (Å²) in [6.45, 7) is 3.44. The van der Waals surface area contributed by atoms with Crippen molar-refractivity contribution < 1.29 is 14.4 Å². The fourth-order valence-electron chi connectivity index (χ4n) is 2.80. The van der Waals surface area contributed by atoms with Crippen molar-refractivity contribution in [1.82, 2.24) is 0 Å². The van der Waals surface area contributed by atoms with Crippen molar-refractivity contribution >= 4 is 23.1 Å². The molecule has 1 N–H and O–H groups in total. The Hall–Kier alpha value is -2.65. The molecule has 3 heteroatoms. The third-order valence-corrected chi connectivity index (χ3v) is 3.98. The number of aliphatic hydroxyl groups excluding tert-OH is 1. The minimum atomic E-state index is 0.0284. The number of ether oxygens (including phenoxy) is 1. The molecule has 0 bridgehead atoms. The standard InChI is InChI=1S/C21H22NO2/c1-2-22-19(12-10-18-5-3-4-6-21(18)22)11-7-17-8-13-20(14-9-17)24-16-15-23/h3-14,23H,2,15-16H2,1H3/q+1. The Morgan fingerprint density at radius 2 is 1.75 bits per heavy atom. The third-order valence-electron chi connectivity index (χ3n) is 3.98.